The second-order valence-electron chi connectivity index (χ2n) is 6.67. The van der Waals surface area contributed by atoms with Crippen LogP contribution in [0.4, 0.5) is 11.5 Å². The minimum absolute atomic E-state index is 0.0127. The van der Waals surface area contributed by atoms with E-state index in [0.717, 1.165) is 11.4 Å². The van der Waals surface area contributed by atoms with Gasteiger partial charge < -0.3 is 9.80 Å². The van der Waals surface area contributed by atoms with Crippen molar-refractivity contribution in [3.05, 3.63) is 47.7 Å². The first-order valence-corrected chi connectivity index (χ1v) is 11.0. The van der Waals surface area contributed by atoms with Gasteiger partial charge in [-0.2, -0.15) is 0 Å². The number of nitrogens with zero attached hydrogens (tertiary/aromatic N) is 4. The maximum Gasteiger partial charge on any atom is 0.232 e. The molecule has 0 bridgehead atoms. The predicted molar refractivity (Wildman–Crippen MR) is 112 cm³/mol. The maximum atomic E-state index is 12.6. The van der Waals surface area contributed by atoms with Crippen LogP contribution in [0.5, 0.6) is 0 Å². The fourth-order valence-corrected chi connectivity index (χ4v) is 3.62. The molecule has 8 nitrogen and oxygen atoms in total. The van der Waals surface area contributed by atoms with Crippen molar-refractivity contribution >= 4 is 27.4 Å². The van der Waals surface area contributed by atoms with Crippen molar-refractivity contribution in [1.82, 2.24) is 15.1 Å². The average molecular weight is 414 g/mol. The van der Waals surface area contributed by atoms with E-state index in [1.807, 2.05) is 11.0 Å². The zero-order valence-electron chi connectivity index (χ0n) is 16.2. The average Bonchev–Trinajstić information content (AvgIpc) is 2.75. The molecule has 29 heavy (non-hydrogen) atoms. The summed E-state index contributed by atoms with van der Waals surface area (Å²) in [5.74, 6) is 3.25. The minimum Gasteiger partial charge on any atom is -0.352 e. The van der Waals surface area contributed by atoms with Gasteiger partial charge in [0.25, 0.3) is 0 Å². The summed E-state index contributed by atoms with van der Waals surface area (Å²) >= 11 is 0. The molecule has 1 aromatic carbocycles. The van der Waals surface area contributed by atoms with Gasteiger partial charge in [0.2, 0.25) is 15.9 Å². The fourth-order valence-electron chi connectivity index (χ4n) is 2.98. The molecule has 0 spiro atoms. The smallest absolute Gasteiger partial charge is 0.232 e. The van der Waals surface area contributed by atoms with Gasteiger partial charge in [0.05, 0.1) is 12.2 Å². The van der Waals surface area contributed by atoms with Crippen molar-refractivity contribution < 1.29 is 13.2 Å². The number of aromatic nitrogens is 2. The van der Waals surface area contributed by atoms with Crippen LogP contribution in [0.2, 0.25) is 0 Å². The van der Waals surface area contributed by atoms with Gasteiger partial charge in [-0.1, -0.05) is 12.1 Å². The van der Waals surface area contributed by atoms with Crippen LogP contribution in [0.1, 0.15) is 18.2 Å². The van der Waals surface area contributed by atoms with Crippen LogP contribution in [-0.2, 0) is 21.2 Å². The molecule has 1 N–H and O–H groups in total. The first-order chi connectivity index (χ1) is 13.9. The highest BCUT2D eigenvalue weighted by Crippen LogP contribution is 2.15. The number of carbonyl (C=O) groups is 1. The Morgan fingerprint density at radius 1 is 1.10 bits per heavy atom. The minimum atomic E-state index is -3.31. The van der Waals surface area contributed by atoms with Gasteiger partial charge in [-0.05, 0) is 42.7 Å². The van der Waals surface area contributed by atoms with Crippen LogP contribution >= 0.6 is 0 Å². The van der Waals surface area contributed by atoms with Gasteiger partial charge >= 0.3 is 0 Å². The van der Waals surface area contributed by atoms with Crippen molar-refractivity contribution in [2.45, 2.75) is 13.3 Å². The topological polar surface area (TPSA) is 95.5 Å². The molecule has 0 atom stereocenters. The zero-order valence-corrected chi connectivity index (χ0v) is 17.0. The molecule has 1 aliphatic rings. The molecule has 1 aromatic heterocycles. The van der Waals surface area contributed by atoms with Crippen LogP contribution in [-0.4, -0.2) is 61.4 Å². The number of hydrogen-bond acceptors (Lipinski definition) is 6. The van der Waals surface area contributed by atoms with E-state index in [2.05, 4.69) is 25.7 Å². The highest BCUT2D eigenvalue weighted by Gasteiger charge is 2.22. The Morgan fingerprint density at radius 2 is 1.79 bits per heavy atom. The van der Waals surface area contributed by atoms with Gasteiger partial charge in [0.15, 0.2) is 5.82 Å². The molecule has 0 radical (unpaired) electrons. The molecule has 1 aliphatic heterocycles. The van der Waals surface area contributed by atoms with E-state index in [-0.39, 0.29) is 18.1 Å². The van der Waals surface area contributed by atoms with Crippen LogP contribution in [0.25, 0.3) is 0 Å². The number of rotatable bonds is 6. The number of terminal acetylenes is 1. The molecular formula is C20H23N5O3S. The van der Waals surface area contributed by atoms with Gasteiger partial charge in [0.1, 0.15) is 5.69 Å². The van der Waals surface area contributed by atoms with Crippen molar-refractivity contribution in [1.29, 1.82) is 0 Å². The Labute approximate surface area is 171 Å². The standard InChI is InChI=1S/C20H23N5O3S/c1-3-17-9-10-19(22-21-17)24-11-13-25(14-12-24)20(26)15-16-5-7-18(8-6-16)23-29(27,28)4-2/h1,5-10,23H,4,11-15H2,2H3. The van der Waals surface area contributed by atoms with Crippen molar-refractivity contribution in [2.24, 2.45) is 0 Å². The molecule has 0 aliphatic carbocycles. The molecule has 2 heterocycles. The fraction of sp³-hybridized carbons (Fsp3) is 0.350. The van der Waals surface area contributed by atoms with Crippen LogP contribution in [0.3, 0.4) is 0 Å². The monoisotopic (exact) mass is 413 g/mol. The van der Waals surface area contributed by atoms with E-state index in [1.54, 1.807) is 37.3 Å². The quantitative estimate of drug-likeness (QED) is 0.713. The van der Waals surface area contributed by atoms with E-state index < -0.39 is 10.0 Å². The Kier molecular flexibility index (Phi) is 6.34. The lowest BCUT2D eigenvalue weighted by molar-refractivity contribution is -0.130. The molecule has 0 unspecified atom stereocenters. The molecule has 9 heteroatoms. The molecule has 3 rings (SSSR count). The summed E-state index contributed by atoms with van der Waals surface area (Å²) in [5, 5.41) is 8.10. The number of anilines is 2. The summed E-state index contributed by atoms with van der Waals surface area (Å²) in [6.45, 7) is 4.13. The third-order valence-corrected chi connectivity index (χ3v) is 6.02. The number of benzene rings is 1. The maximum absolute atomic E-state index is 12.6. The van der Waals surface area contributed by atoms with Crippen LogP contribution < -0.4 is 9.62 Å². The molecule has 0 saturated carbocycles. The largest absolute Gasteiger partial charge is 0.352 e. The number of nitrogens with one attached hydrogen (secondary N) is 1. The summed E-state index contributed by atoms with van der Waals surface area (Å²) < 4.78 is 25.7. The Bertz CT molecular complexity index is 990. The number of piperazine rings is 1. The van der Waals surface area contributed by atoms with E-state index in [9.17, 15) is 13.2 Å². The zero-order chi connectivity index (χ0) is 20.9. The van der Waals surface area contributed by atoms with Crippen molar-refractivity contribution in [2.75, 3.05) is 41.6 Å². The molecule has 1 fully saturated rings. The summed E-state index contributed by atoms with van der Waals surface area (Å²) in [4.78, 5) is 16.5. The lowest BCUT2D eigenvalue weighted by Gasteiger charge is -2.35. The predicted octanol–water partition coefficient (Wildman–Crippen LogP) is 1.11. The SMILES string of the molecule is C#Cc1ccc(N2CCN(C(=O)Cc3ccc(NS(=O)(=O)CC)cc3)CC2)nn1. The second kappa shape index (κ2) is 8.92. The van der Waals surface area contributed by atoms with Gasteiger partial charge in [0, 0.05) is 31.9 Å². The summed E-state index contributed by atoms with van der Waals surface area (Å²) in [7, 11) is -3.31. The number of sulfonamides is 1. The van der Waals surface area contributed by atoms with Crippen LogP contribution in [0.15, 0.2) is 36.4 Å². The van der Waals surface area contributed by atoms with Gasteiger partial charge in [-0.15, -0.1) is 16.6 Å². The van der Waals surface area contributed by atoms with Crippen molar-refractivity contribution in [3.8, 4) is 12.3 Å². The number of carbonyl (C=O) groups excluding carboxylic acids is 1. The number of hydrogen-bond donors (Lipinski definition) is 1. The normalized spacial score (nSPS) is 14.3. The summed E-state index contributed by atoms with van der Waals surface area (Å²) in [6, 6.07) is 10.5. The number of amides is 1. The Balaban J connectivity index is 1.52. The summed E-state index contributed by atoms with van der Waals surface area (Å²) in [6.07, 6.45) is 5.57. The Morgan fingerprint density at radius 3 is 2.34 bits per heavy atom. The van der Waals surface area contributed by atoms with E-state index >= 15 is 0 Å². The highest BCUT2D eigenvalue weighted by atomic mass is 32.2. The Hall–Kier alpha value is -3.12. The van der Waals surface area contributed by atoms with Crippen LogP contribution in [0, 0.1) is 12.3 Å². The van der Waals surface area contributed by atoms with Gasteiger partial charge in [-0.25, -0.2) is 8.42 Å². The highest BCUT2D eigenvalue weighted by molar-refractivity contribution is 7.92. The molecule has 2 aromatic rings. The molecule has 152 valence electrons. The second-order valence-corrected chi connectivity index (χ2v) is 8.68. The third kappa shape index (κ3) is 5.45. The summed E-state index contributed by atoms with van der Waals surface area (Å²) in [5.41, 5.74) is 1.83. The molecule has 1 amide bonds. The lowest BCUT2D eigenvalue weighted by Crippen LogP contribution is -2.49. The van der Waals surface area contributed by atoms with E-state index in [0.29, 0.717) is 37.6 Å². The van der Waals surface area contributed by atoms with E-state index in [4.69, 9.17) is 6.42 Å². The first kappa shape index (κ1) is 20.6. The van der Waals surface area contributed by atoms with Gasteiger partial charge in [-0.3, -0.25) is 9.52 Å². The first-order valence-electron chi connectivity index (χ1n) is 9.32. The third-order valence-electron chi connectivity index (χ3n) is 4.72. The molecular weight excluding hydrogens is 390 g/mol. The lowest BCUT2D eigenvalue weighted by atomic mass is 10.1. The van der Waals surface area contributed by atoms with Crippen molar-refractivity contribution in [3.63, 3.8) is 0 Å². The van der Waals surface area contributed by atoms with E-state index in [1.165, 1.54) is 0 Å². The molecule has 1 saturated heterocycles.